The second-order valence-corrected chi connectivity index (χ2v) is 8.05. The average molecular weight is 506 g/mol. The molecule has 0 amide bonds. The minimum Gasteiger partial charge on any atom is -0.467 e. The van der Waals surface area contributed by atoms with Gasteiger partial charge in [-0.15, -0.1) is 0 Å². The Hall–Kier alpha value is -3.49. The van der Waals surface area contributed by atoms with Crippen molar-refractivity contribution in [1.82, 2.24) is 15.0 Å². The Balaban J connectivity index is 1.79. The van der Waals surface area contributed by atoms with E-state index in [9.17, 15) is 31.1 Å². The van der Waals surface area contributed by atoms with Gasteiger partial charge in [0.15, 0.2) is 18.2 Å². The Bertz CT molecular complexity index is 1150. The Morgan fingerprint density at radius 2 is 1.83 bits per heavy atom. The van der Waals surface area contributed by atoms with Crippen LogP contribution in [0.25, 0.3) is 0 Å². The molecule has 0 aliphatic carbocycles. The number of nitrogens with two attached hydrogens (primary N) is 2. The third-order valence-electron chi connectivity index (χ3n) is 5.16. The monoisotopic (exact) mass is 506 g/mol. The quantitative estimate of drug-likeness (QED) is 0.451. The number of carbonyl (C=O) groups excluding carboxylic acids is 1. The molecule has 0 saturated carbocycles. The maximum atomic E-state index is 13.3. The highest BCUT2D eigenvalue weighted by Crippen LogP contribution is 2.40. The van der Waals surface area contributed by atoms with Gasteiger partial charge in [-0.2, -0.15) is 31.3 Å². The van der Waals surface area contributed by atoms with Crippen molar-refractivity contribution in [3.8, 4) is 5.88 Å². The number of hydrogen-bond donors (Lipinski definition) is 2. The van der Waals surface area contributed by atoms with E-state index in [1.807, 2.05) is 0 Å². The Labute approximate surface area is 194 Å². The number of hydrogen-bond acceptors (Lipinski definition) is 9. The van der Waals surface area contributed by atoms with Gasteiger partial charge in [0.1, 0.15) is 17.1 Å². The van der Waals surface area contributed by atoms with Crippen LogP contribution in [0, 0.1) is 0 Å². The van der Waals surface area contributed by atoms with Crippen molar-refractivity contribution >= 4 is 17.4 Å². The number of ether oxygens (including phenoxy) is 2. The van der Waals surface area contributed by atoms with E-state index in [-0.39, 0.29) is 23.5 Å². The van der Waals surface area contributed by atoms with E-state index in [0.29, 0.717) is 0 Å². The number of nitrogen functional groups attached to an aromatic ring is 1. The lowest BCUT2D eigenvalue weighted by molar-refractivity contribution is -0.249. The number of ketones is 1. The van der Waals surface area contributed by atoms with Crippen LogP contribution in [0.2, 0.25) is 0 Å². The summed E-state index contributed by atoms with van der Waals surface area (Å²) in [5.74, 6) is -2.37. The van der Waals surface area contributed by atoms with Crippen LogP contribution < -0.4 is 16.2 Å². The van der Waals surface area contributed by atoms with Gasteiger partial charge in [-0.3, -0.25) is 14.8 Å². The second kappa shape index (κ2) is 8.94. The molecular formula is C20H20F6N6O3. The molecule has 15 heteroatoms. The molecule has 2 aromatic rings. The predicted molar refractivity (Wildman–Crippen MR) is 110 cm³/mol. The number of aromatic nitrogens is 3. The average Bonchev–Trinajstić information content (AvgIpc) is 2.74. The Kier molecular flexibility index (Phi) is 6.67. The molecule has 0 fully saturated rings. The summed E-state index contributed by atoms with van der Waals surface area (Å²) < 4.78 is 86.3. The number of aliphatic imine (C=N–C) groups is 1. The molecule has 3 rings (SSSR count). The zero-order chi connectivity index (χ0) is 26.2. The third kappa shape index (κ3) is 5.61. The Morgan fingerprint density at radius 1 is 1.14 bits per heavy atom. The van der Waals surface area contributed by atoms with Crippen molar-refractivity contribution in [2.24, 2.45) is 10.7 Å². The van der Waals surface area contributed by atoms with E-state index in [2.05, 4.69) is 24.7 Å². The van der Waals surface area contributed by atoms with Gasteiger partial charge < -0.3 is 20.9 Å². The Morgan fingerprint density at radius 3 is 2.40 bits per heavy atom. The normalized spacial score (nSPS) is 23.0. The summed E-state index contributed by atoms with van der Waals surface area (Å²) in [4.78, 5) is 28.3. The number of pyridine rings is 1. The molecule has 3 heterocycles. The van der Waals surface area contributed by atoms with Gasteiger partial charge in [-0.1, -0.05) is 6.07 Å². The van der Waals surface area contributed by atoms with Crippen molar-refractivity contribution in [2.45, 2.75) is 43.8 Å². The molecule has 2 atom stereocenters. The molecule has 190 valence electrons. The van der Waals surface area contributed by atoms with Crippen LogP contribution in [0.5, 0.6) is 5.88 Å². The molecule has 35 heavy (non-hydrogen) atoms. The number of nitrogens with zero attached hydrogens (tertiary/aromatic N) is 4. The SMILES string of the molecule is C[C@@]1(c2cccc(CC(=O)c3ncc(OCC(F)(F)F)nc3N)n2)CO[C@@](C)(C(F)(F)F)C(N)=N1. The number of anilines is 1. The van der Waals surface area contributed by atoms with Gasteiger partial charge >= 0.3 is 12.4 Å². The fourth-order valence-corrected chi connectivity index (χ4v) is 3.07. The number of rotatable bonds is 6. The first kappa shape index (κ1) is 26.1. The van der Waals surface area contributed by atoms with Crippen LogP contribution in [-0.2, 0) is 16.7 Å². The molecule has 1 aliphatic rings. The molecule has 0 unspecified atom stereocenters. The zero-order valence-electron chi connectivity index (χ0n) is 18.4. The summed E-state index contributed by atoms with van der Waals surface area (Å²) in [6.07, 6.45) is -8.89. The van der Waals surface area contributed by atoms with Crippen LogP contribution in [0.3, 0.4) is 0 Å². The first-order chi connectivity index (χ1) is 16.0. The van der Waals surface area contributed by atoms with Gasteiger partial charge in [0.05, 0.1) is 24.9 Å². The highest BCUT2D eigenvalue weighted by atomic mass is 19.4. The summed E-state index contributed by atoms with van der Waals surface area (Å²) in [7, 11) is 0. The number of halogens is 6. The van der Waals surface area contributed by atoms with Crippen LogP contribution >= 0.6 is 0 Å². The highest BCUT2D eigenvalue weighted by Gasteiger charge is 2.59. The van der Waals surface area contributed by atoms with Crippen LogP contribution in [-0.4, -0.2) is 57.7 Å². The van der Waals surface area contributed by atoms with Crippen LogP contribution in [0.15, 0.2) is 29.4 Å². The molecule has 9 nitrogen and oxygen atoms in total. The van der Waals surface area contributed by atoms with Gasteiger partial charge in [-0.25, -0.2) is 4.98 Å². The smallest absolute Gasteiger partial charge is 0.424 e. The molecule has 0 radical (unpaired) electrons. The van der Waals surface area contributed by atoms with Crippen molar-refractivity contribution in [1.29, 1.82) is 0 Å². The minimum atomic E-state index is -4.78. The lowest BCUT2D eigenvalue weighted by Crippen LogP contribution is -2.60. The third-order valence-corrected chi connectivity index (χ3v) is 5.16. The molecule has 4 N–H and O–H groups in total. The van der Waals surface area contributed by atoms with Gasteiger partial charge in [0.25, 0.3) is 0 Å². The zero-order valence-corrected chi connectivity index (χ0v) is 18.4. The summed E-state index contributed by atoms with van der Waals surface area (Å²) >= 11 is 0. The van der Waals surface area contributed by atoms with E-state index >= 15 is 0 Å². The number of Topliss-reactive ketones (excluding diaryl/α,β-unsaturated/α-hetero) is 1. The molecule has 0 bridgehead atoms. The van der Waals surface area contributed by atoms with Gasteiger partial charge in [-0.05, 0) is 26.0 Å². The molecule has 1 aliphatic heterocycles. The maximum Gasteiger partial charge on any atom is 0.424 e. The van der Waals surface area contributed by atoms with E-state index in [1.54, 1.807) is 0 Å². The summed E-state index contributed by atoms with van der Waals surface area (Å²) in [6.45, 7) is 0.167. The maximum absolute atomic E-state index is 13.3. The van der Waals surface area contributed by atoms with Gasteiger partial charge in [0, 0.05) is 5.69 Å². The van der Waals surface area contributed by atoms with Crippen molar-refractivity contribution < 1.29 is 40.6 Å². The highest BCUT2D eigenvalue weighted by molar-refractivity contribution is 5.99. The van der Waals surface area contributed by atoms with Crippen molar-refractivity contribution in [3.05, 3.63) is 41.5 Å². The lowest BCUT2D eigenvalue weighted by atomic mass is 9.93. The molecular weight excluding hydrogens is 486 g/mol. The molecule has 0 spiro atoms. The fraction of sp³-hybridized carbons (Fsp3) is 0.450. The molecule has 0 aromatic carbocycles. The van der Waals surface area contributed by atoms with Gasteiger partial charge in [0.2, 0.25) is 11.5 Å². The standard InChI is InChI=1S/C20H20F6N6O3/c1-17(8-35-18(2,16(28)32-17)20(24,25)26)12-5-3-4-10(30-12)6-11(33)14-15(27)31-13(7-29-14)34-9-19(21,22)23/h3-5,7H,6,8-9H2,1-2H3,(H2,27,31)(H2,28,32)/t17-,18+/m0/s1. The first-order valence-electron chi connectivity index (χ1n) is 9.92. The largest absolute Gasteiger partial charge is 0.467 e. The van der Waals surface area contributed by atoms with Crippen molar-refractivity contribution in [3.63, 3.8) is 0 Å². The molecule has 0 saturated heterocycles. The van der Waals surface area contributed by atoms with E-state index in [1.165, 1.54) is 25.1 Å². The van der Waals surface area contributed by atoms with Crippen LogP contribution in [0.1, 0.15) is 35.7 Å². The number of alkyl halides is 6. The van der Waals surface area contributed by atoms with Crippen LogP contribution in [0.4, 0.5) is 32.2 Å². The minimum absolute atomic E-state index is 0.199. The fourth-order valence-electron chi connectivity index (χ4n) is 3.07. The summed E-state index contributed by atoms with van der Waals surface area (Å²) in [5, 5.41) is 0. The number of carbonyl (C=O) groups is 1. The van der Waals surface area contributed by atoms with E-state index in [4.69, 9.17) is 16.2 Å². The predicted octanol–water partition coefficient (Wildman–Crippen LogP) is 2.74. The number of amidine groups is 1. The molecule has 2 aromatic heterocycles. The summed E-state index contributed by atoms with van der Waals surface area (Å²) in [6, 6.07) is 4.49. The second-order valence-electron chi connectivity index (χ2n) is 8.05. The van der Waals surface area contributed by atoms with E-state index in [0.717, 1.165) is 13.1 Å². The van der Waals surface area contributed by atoms with Crippen molar-refractivity contribution in [2.75, 3.05) is 18.9 Å². The summed E-state index contributed by atoms with van der Waals surface area (Å²) in [5.41, 5.74) is 7.23. The lowest BCUT2D eigenvalue weighted by Gasteiger charge is -2.40. The van der Waals surface area contributed by atoms with E-state index < -0.39 is 60.0 Å². The first-order valence-corrected chi connectivity index (χ1v) is 9.92. The topological polar surface area (TPSA) is 139 Å².